The predicted octanol–water partition coefficient (Wildman–Crippen LogP) is 5.24. The fourth-order valence-electron chi connectivity index (χ4n) is 4.00. The molecule has 154 valence electrons. The van der Waals surface area contributed by atoms with Gasteiger partial charge in [0.1, 0.15) is 11.4 Å². The lowest BCUT2D eigenvalue weighted by Crippen LogP contribution is -1.86. The van der Waals surface area contributed by atoms with Crippen molar-refractivity contribution in [1.29, 1.82) is 0 Å². The molecule has 6 rings (SSSR count). The molecule has 0 fully saturated rings. The van der Waals surface area contributed by atoms with Crippen LogP contribution in [0.1, 0.15) is 0 Å². The number of fused-ring (bicyclic) bond motifs is 2. The molecule has 32 heavy (non-hydrogen) atoms. The molecule has 0 aliphatic heterocycles. The first kappa shape index (κ1) is 18.3. The fraction of sp³-hybridized carbons (Fsp3) is 0.0400. The molecule has 5 aromatic heterocycles. The van der Waals surface area contributed by atoms with E-state index in [1.807, 2.05) is 48.9 Å². The highest BCUT2D eigenvalue weighted by Gasteiger charge is 2.15. The van der Waals surface area contributed by atoms with Gasteiger partial charge in [0.15, 0.2) is 0 Å². The Morgan fingerprint density at radius 2 is 1.66 bits per heavy atom. The second kappa shape index (κ2) is 7.31. The third-order valence-corrected chi connectivity index (χ3v) is 5.58. The number of nitrogens with one attached hydrogen (secondary N) is 2. The Balaban J connectivity index is 1.50. The van der Waals surface area contributed by atoms with Crippen LogP contribution in [0, 0.1) is 0 Å². The van der Waals surface area contributed by atoms with Gasteiger partial charge in [-0.3, -0.25) is 20.1 Å². The van der Waals surface area contributed by atoms with Crippen LogP contribution in [0.2, 0.25) is 0 Å². The normalized spacial score (nSPS) is 11.3. The molecule has 7 heteroatoms. The van der Waals surface area contributed by atoms with E-state index in [0.29, 0.717) is 0 Å². The predicted molar refractivity (Wildman–Crippen MR) is 124 cm³/mol. The van der Waals surface area contributed by atoms with Crippen LogP contribution in [-0.4, -0.2) is 37.2 Å². The summed E-state index contributed by atoms with van der Waals surface area (Å²) in [7, 11) is 1.64. The van der Waals surface area contributed by atoms with Crippen LogP contribution in [0.15, 0.2) is 79.5 Å². The van der Waals surface area contributed by atoms with Crippen molar-refractivity contribution in [2.75, 3.05) is 7.11 Å². The summed E-state index contributed by atoms with van der Waals surface area (Å²) in [6.45, 7) is 0. The topological polar surface area (TPSA) is 92.4 Å². The molecular formula is C25H18N6O. The number of nitrogens with zero attached hydrogens (tertiary/aromatic N) is 4. The molecule has 7 nitrogen and oxygen atoms in total. The summed E-state index contributed by atoms with van der Waals surface area (Å²) in [5, 5.41) is 9.79. The summed E-state index contributed by atoms with van der Waals surface area (Å²) in [5.41, 5.74) is 7.63. The maximum atomic E-state index is 5.33. The van der Waals surface area contributed by atoms with Gasteiger partial charge in [0.25, 0.3) is 0 Å². The van der Waals surface area contributed by atoms with Gasteiger partial charge in [0.05, 0.1) is 30.2 Å². The van der Waals surface area contributed by atoms with Crippen molar-refractivity contribution in [3.8, 4) is 39.5 Å². The molecule has 0 saturated carbocycles. The lowest BCUT2D eigenvalue weighted by Gasteiger charge is -2.04. The van der Waals surface area contributed by atoms with Gasteiger partial charge >= 0.3 is 0 Å². The Kier molecular flexibility index (Phi) is 4.18. The number of pyridine rings is 3. The van der Waals surface area contributed by atoms with E-state index in [2.05, 4.69) is 48.3 Å². The lowest BCUT2D eigenvalue weighted by atomic mass is 10.0. The van der Waals surface area contributed by atoms with Gasteiger partial charge in [-0.1, -0.05) is 6.07 Å². The van der Waals surface area contributed by atoms with Crippen LogP contribution in [0.25, 0.3) is 55.6 Å². The number of rotatable bonds is 4. The first-order chi connectivity index (χ1) is 15.8. The van der Waals surface area contributed by atoms with Gasteiger partial charge < -0.3 is 9.72 Å². The Morgan fingerprint density at radius 1 is 0.750 bits per heavy atom. The van der Waals surface area contributed by atoms with Gasteiger partial charge in [0, 0.05) is 52.2 Å². The lowest BCUT2D eigenvalue weighted by molar-refractivity contribution is 0.413. The summed E-state index contributed by atoms with van der Waals surface area (Å²) >= 11 is 0. The highest BCUT2D eigenvalue weighted by atomic mass is 16.5. The number of aromatic amines is 2. The van der Waals surface area contributed by atoms with Crippen molar-refractivity contribution in [3.05, 3.63) is 79.5 Å². The van der Waals surface area contributed by atoms with Crippen molar-refractivity contribution in [3.63, 3.8) is 0 Å². The number of hydrogen-bond acceptors (Lipinski definition) is 5. The zero-order valence-corrected chi connectivity index (χ0v) is 17.2. The van der Waals surface area contributed by atoms with Crippen LogP contribution in [0.3, 0.4) is 0 Å². The van der Waals surface area contributed by atoms with E-state index >= 15 is 0 Å². The zero-order valence-electron chi connectivity index (χ0n) is 17.2. The second-order valence-corrected chi connectivity index (χ2v) is 7.49. The minimum absolute atomic E-state index is 0.723. The van der Waals surface area contributed by atoms with Gasteiger partial charge in [-0.25, -0.2) is 0 Å². The summed E-state index contributed by atoms with van der Waals surface area (Å²) in [5.74, 6) is 0.723. The van der Waals surface area contributed by atoms with E-state index in [4.69, 9.17) is 4.74 Å². The van der Waals surface area contributed by atoms with Gasteiger partial charge in [0.2, 0.25) is 0 Å². The van der Waals surface area contributed by atoms with Gasteiger partial charge in [-0.15, -0.1) is 0 Å². The monoisotopic (exact) mass is 418 g/mol. The van der Waals surface area contributed by atoms with E-state index in [1.165, 1.54) is 0 Å². The third-order valence-electron chi connectivity index (χ3n) is 5.58. The van der Waals surface area contributed by atoms with Crippen LogP contribution < -0.4 is 4.74 Å². The number of ether oxygens (including phenoxy) is 1. The third kappa shape index (κ3) is 2.99. The first-order valence-corrected chi connectivity index (χ1v) is 10.2. The van der Waals surface area contributed by atoms with E-state index in [0.717, 1.165) is 61.3 Å². The molecule has 0 amide bonds. The maximum absolute atomic E-state index is 5.33. The second-order valence-electron chi connectivity index (χ2n) is 7.49. The fourth-order valence-corrected chi connectivity index (χ4v) is 4.00. The molecule has 0 aliphatic carbocycles. The molecule has 0 radical (unpaired) electrons. The average Bonchev–Trinajstić information content (AvgIpc) is 3.48. The smallest absolute Gasteiger partial charge is 0.137 e. The molecule has 0 saturated heterocycles. The van der Waals surface area contributed by atoms with E-state index in [1.54, 1.807) is 19.5 Å². The zero-order chi connectivity index (χ0) is 21.5. The molecule has 0 atom stereocenters. The summed E-state index contributed by atoms with van der Waals surface area (Å²) < 4.78 is 5.33. The Labute approximate surface area is 183 Å². The van der Waals surface area contributed by atoms with Crippen molar-refractivity contribution < 1.29 is 4.74 Å². The molecule has 6 aromatic rings. The van der Waals surface area contributed by atoms with Crippen LogP contribution in [0.4, 0.5) is 0 Å². The van der Waals surface area contributed by atoms with E-state index < -0.39 is 0 Å². The Hall–Kier alpha value is -4.52. The van der Waals surface area contributed by atoms with Crippen LogP contribution in [0.5, 0.6) is 5.75 Å². The number of aromatic nitrogens is 6. The van der Waals surface area contributed by atoms with E-state index in [-0.39, 0.29) is 0 Å². The standard InChI is InChI=1S/C25H18N6O/c1-32-18-9-17(13-27-14-18)15-4-5-22-19(10-15)25(31-30-22)23-11-20-21(29-23)6-8-28-24(20)16-3-2-7-26-12-16/h2-14,29H,1H3,(H,30,31). The number of hydrogen-bond donors (Lipinski definition) is 2. The van der Waals surface area contributed by atoms with Crippen molar-refractivity contribution in [1.82, 2.24) is 30.1 Å². The number of methoxy groups -OCH3 is 1. The first-order valence-electron chi connectivity index (χ1n) is 10.2. The molecule has 1 aromatic carbocycles. The largest absolute Gasteiger partial charge is 0.495 e. The maximum Gasteiger partial charge on any atom is 0.137 e. The van der Waals surface area contributed by atoms with Crippen LogP contribution >= 0.6 is 0 Å². The molecule has 0 spiro atoms. The molecule has 0 aliphatic rings. The highest BCUT2D eigenvalue weighted by molar-refractivity contribution is 6.00. The molecule has 2 N–H and O–H groups in total. The Morgan fingerprint density at radius 3 is 2.53 bits per heavy atom. The average molecular weight is 418 g/mol. The van der Waals surface area contributed by atoms with Gasteiger partial charge in [-0.2, -0.15) is 5.10 Å². The molecular weight excluding hydrogens is 400 g/mol. The Bertz CT molecular complexity index is 1570. The highest BCUT2D eigenvalue weighted by Crippen LogP contribution is 2.34. The molecule has 0 unspecified atom stereocenters. The summed E-state index contributed by atoms with van der Waals surface area (Å²) in [6, 6.07) is 16.2. The number of benzene rings is 1. The SMILES string of the molecule is COc1cncc(-c2ccc3[nH]nc(-c4cc5c(-c6cccnc6)nccc5[nH]4)c3c2)c1. The van der Waals surface area contributed by atoms with Crippen molar-refractivity contribution in [2.24, 2.45) is 0 Å². The quantitative estimate of drug-likeness (QED) is 0.408. The van der Waals surface area contributed by atoms with E-state index in [9.17, 15) is 0 Å². The van der Waals surface area contributed by atoms with Gasteiger partial charge in [-0.05, 0) is 48.0 Å². The summed E-state index contributed by atoms with van der Waals surface area (Å²) in [4.78, 5) is 16.6. The minimum Gasteiger partial charge on any atom is -0.495 e. The minimum atomic E-state index is 0.723. The van der Waals surface area contributed by atoms with Crippen molar-refractivity contribution in [2.45, 2.75) is 0 Å². The molecule has 0 bridgehead atoms. The molecule has 5 heterocycles. The summed E-state index contributed by atoms with van der Waals surface area (Å²) in [6.07, 6.45) is 8.92. The van der Waals surface area contributed by atoms with Crippen molar-refractivity contribution >= 4 is 21.8 Å². The van der Waals surface area contributed by atoms with Crippen LogP contribution in [-0.2, 0) is 0 Å². The number of H-pyrrole nitrogens is 2.